The first kappa shape index (κ1) is 16.0. The Hall–Kier alpha value is -2.04. The van der Waals surface area contributed by atoms with Gasteiger partial charge in [-0.15, -0.1) is 0 Å². The fourth-order valence-electron chi connectivity index (χ4n) is 1.57. The summed E-state index contributed by atoms with van der Waals surface area (Å²) < 4.78 is 0. The maximum atomic E-state index is 12.0. The van der Waals surface area contributed by atoms with Crippen molar-refractivity contribution in [1.29, 1.82) is 0 Å². The molecule has 0 spiro atoms. The topological polar surface area (TPSA) is 69.6 Å². The molecule has 0 aromatic heterocycles. The number of aromatic carboxylic acids is 1. The van der Waals surface area contributed by atoms with Gasteiger partial charge in [0.2, 0.25) is 0 Å². The average Bonchev–Trinajstić information content (AvgIpc) is 2.44. The van der Waals surface area contributed by atoms with Crippen LogP contribution in [0, 0.1) is 0 Å². The molecule has 2 amide bonds. The van der Waals surface area contributed by atoms with Gasteiger partial charge >= 0.3 is 12.0 Å². The Morgan fingerprint density at radius 3 is 2.25 bits per heavy atom. The lowest BCUT2D eigenvalue weighted by Crippen LogP contribution is -2.49. The number of nitrogens with zero attached hydrogens (tertiary/aromatic N) is 1. The van der Waals surface area contributed by atoms with Crippen molar-refractivity contribution >= 4 is 12.0 Å². The van der Waals surface area contributed by atoms with E-state index in [1.54, 1.807) is 24.1 Å². The predicted molar refractivity (Wildman–Crippen MR) is 77.8 cm³/mol. The molecule has 0 saturated heterocycles. The zero-order valence-corrected chi connectivity index (χ0v) is 12.4. The van der Waals surface area contributed by atoms with E-state index in [9.17, 15) is 9.59 Å². The normalized spacial score (nSPS) is 11.0. The summed E-state index contributed by atoms with van der Waals surface area (Å²) in [5.41, 5.74) is 0.910. The number of carbonyl (C=O) groups excluding carboxylic acids is 1. The van der Waals surface area contributed by atoms with E-state index in [0.29, 0.717) is 6.54 Å². The minimum atomic E-state index is -0.954. The second kappa shape index (κ2) is 6.41. The average molecular weight is 278 g/mol. The Labute approximate surface area is 119 Å². The second-order valence-corrected chi connectivity index (χ2v) is 5.39. The van der Waals surface area contributed by atoms with E-state index in [1.165, 1.54) is 12.1 Å². The van der Waals surface area contributed by atoms with Gasteiger partial charge in [-0.25, -0.2) is 9.59 Å². The monoisotopic (exact) mass is 278 g/mol. The summed E-state index contributed by atoms with van der Waals surface area (Å²) in [6.07, 6.45) is 0.865. The molecule has 1 aromatic rings. The number of carboxylic acid groups (broad SMARTS) is 1. The van der Waals surface area contributed by atoms with Crippen LogP contribution in [0.15, 0.2) is 24.3 Å². The van der Waals surface area contributed by atoms with Crippen molar-refractivity contribution in [2.24, 2.45) is 0 Å². The van der Waals surface area contributed by atoms with E-state index in [1.807, 2.05) is 20.8 Å². The van der Waals surface area contributed by atoms with Gasteiger partial charge in [-0.3, -0.25) is 0 Å². The Morgan fingerprint density at radius 2 is 1.80 bits per heavy atom. The van der Waals surface area contributed by atoms with E-state index in [-0.39, 0.29) is 17.1 Å². The van der Waals surface area contributed by atoms with Crippen LogP contribution in [-0.2, 0) is 6.54 Å². The molecular weight excluding hydrogens is 256 g/mol. The third kappa shape index (κ3) is 3.98. The molecule has 0 heterocycles. The quantitative estimate of drug-likeness (QED) is 0.870. The Bertz CT molecular complexity index is 480. The minimum Gasteiger partial charge on any atom is -0.478 e. The van der Waals surface area contributed by atoms with E-state index in [0.717, 1.165) is 12.0 Å². The summed E-state index contributed by atoms with van der Waals surface area (Å²) in [5, 5.41) is 11.6. The van der Waals surface area contributed by atoms with Gasteiger partial charge in [0, 0.05) is 19.1 Å². The first-order valence-corrected chi connectivity index (χ1v) is 6.62. The van der Waals surface area contributed by atoms with Gasteiger partial charge in [0.25, 0.3) is 0 Å². The highest BCUT2D eigenvalue weighted by Gasteiger charge is 2.25. The van der Waals surface area contributed by atoms with E-state index >= 15 is 0 Å². The molecule has 0 bridgehead atoms. The largest absolute Gasteiger partial charge is 0.478 e. The van der Waals surface area contributed by atoms with Crippen LogP contribution < -0.4 is 5.32 Å². The first-order valence-electron chi connectivity index (χ1n) is 6.62. The summed E-state index contributed by atoms with van der Waals surface area (Å²) in [6, 6.07) is 6.33. The van der Waals surface area contributed by atoms with Gasteiger partial charge in [-0.05, 0) is 38.0 Å². The van der Waals surface area contributed by atoms with E-state index in [2.05, 4.69) is 5.32 Å². The number of carbonyl (C=O) groups is 2. The standard InChI is InChI=1S/C15H22N2O3/c1-5-15(2,3)17(4)14(20)16-10-11-6-8-12(9-7-11)13(18)19/h6-9H,5,10H2,1-4H3,(H,16,20)(H,18,19). The fourth-order valence-corrected chi connectivity index (χ4v) is 1.57. The molecular formula is C15H22N2O3. The lowest BCUT2D eigenvalue weighted by Gasteiger charge is -2.34. The number of amides is 2. The molecule has 0 aliphatic rings. The molecule has 1 aromatic carbocycles. The van der Waals surface area contributed by atoms with Crippen molar-refractivity contribution in [2.45, 2.75) is 39.3 Å². The van der Waals surface area contributed by atoms with Gasteiger partial charge in [0.15, 0.2) is 0 Å². The fraction of sp³-hybridized carbons (Fsp3) is 0.467. The Kier molecular flexibility index (Phi) is 5.13. The second-order valence-electron chi connectivity index (χ2n) is 5.39. The van der Waals surface area contributed by atoms with Gasteiger partial charge in [-0.2, -0.15) is 0 Å². The van der Waals surface area contributed by atoms with Crippen molar-refractivity contribution in [3.8, 4) is 0 Å². The lowest BCUT2D eigenvalue weighted by molar-refractivity contribution is 0.0696. The van der Waals surface area contributed by atoms with Crippen molar-refractivity contribution < 1.29 is 14.7 Å². The summed E-state index contributed by atoms with van der Waals surface area (Å²) >= 11 is 0. The van der Waals surface area contributed by atoms with Crippen LogP contribution in [0.3, 0.4) is 0 Å². The number of rotatable bonds is 5. The van der Waals surface area contributed by atoms with Crippen LogP contribution >= 0.6 is 0 Å². The molecule has 2 N–H and O–H groups in total. The van der Waals surface area contributed by atoms with Crippen LogP contribution in [0.2, 0.25) is 0 Å². The molecule has 110 valence electrons. The maximum absolute atomic E-state index is 12.0. The van der Waals surface area contributed by atoms with Crippen molar-refractivity contribution in [1.82, 2.24) is 10.2 Å². The highest BCUT2D eigenvalue weighted by molar-refractivity contribution is 5.87. The van der Waals surface area contributed by atoms with Crippen LogP contribution in [0.4, 0.5) is 4.79 Å². The molecule has 5 nitrogen and oxygen atoms in total. The highest BCUT2D eigenvalue weighted by Crippen LogP contribution is 2.16. The minimum absolute atomic E-state index is 0.140. The third-order valence-electron chi connectivity index (χ3n) is 3.72. The van der Waals surface area contributed by atoms with Crippen molar-refractivity contribution in [2.75, 3.05) is 7.05 Å². The van der Waals surface area contributed by atoms with E-state index in [4.69, 9.17) is 5.11 Å². The molecule has 5 heteroatoms. The zero-order valence-electron chi connectivity index (χ0n) is 12.4. The lowest BCUT2D eigenvalue weighted by atomic mass is 10.0. The van der Waals surface area contributed by atoms with Gasteiger partial charge in [0.1, 0.15) is 0 Å². The van der Waals surface area contributed by atoms with Gasteiger partial charge < -0.3 is 15.3 Å². The van der Waals surface area contributed by atoms with Gasteiger partial charge in [0.05, 0.1) is 5.56 Å². The summed E-state index contributed by atoms with van der Waals surface area (Å²) in [4.78, 5) is 24.4. The Balaban J connectivity index is 2.59. The summed E-state index contributed by atoms with van der Waals surface area (Å²) in [7, 11) is 1.77. The van der Waals surface area contributed by atoms with Crippen LogP contribution in [0.5, 0.6) is 0 Å². The number of hydrogen-bond donors (Lipinski definition) is 2. The number of carboxylic acids is 1. The zero-order chi connectivity index (χ0) is 15.3. The molecule has 0 aliphatic carbocycles. The van der Waals surface area contributed by atoms with E-state index < -0.39 is 5.97 Å². The smallest absolute Gasteiger partial charge is 0.335 e. The molecule has 0 atom stereocenters. The van der Waals surface area contributed by atoms with Crippen molar-refractivity contribution in [3.05, 3.63) is 35.4 Å². The summed E-state index contributed by atoms with van der Waals surface area (Å²) in [6.45, 7) is 6.43. The van der Waals surface area contributed by atoms with Crippen LogP contribution in [0.1, 0.15) is 43.1 Å². The van der Waals surface area contributed by atoms with Crippen molar-refractivity contribution in [3.63, 3.8) is 0 Å². The third-order valence-corrected chi connectivity index (χ3v) is 3.72. The number of benzene rings is 1. The SMILES string of the molecule is CCC(C)(C)N(C)C(=O)NCc1ccc(C(=O)O)cc1. The molecule has 0 saturated carbocycles. The molecule has 20 heavy (non-hydrogen) atoms. The van der Waals surface area contributed by atoms with Gasteiger partial charge in [-0.1, -0.05) is 19.1 Å². The molecule has 0 unspecified atom stereocenters. The van der Waals surface area contributed by atoms with Crippen LogP contribution in [-0.4, -0.2) is 34.6 Å². The molecule has 0 fully saturated rings. The highest BCUT2D eigenvalue weighted by atomic mass is 16.4. The number of nitrogens with one attached hydrogen (secondary N) is 1. The number of hydrogen-bond acceptors (Lipinski definition) is 2. The Morgan fingerprint density at radius 1 is 1.25 bits per heavy atom. The maximum Gasteiger partial charge on any atom is 0.335 e. The first-order chi connectivity index (χ1) is 9.27. The molecule has 0 radical (unpaired) electrons. The molecule has 0 aliphatic heterocycles. The number of urea groups is 1. The predicted octanol–water partition coefficient (Wildman–Crippen LogP) is 2.71. The summed E-state index contributed by atoms with van der Waals surface area (Å²) in [5.74, 6) is -0.954. The van der Waals surface area contributed by atoms with Crippen LogP contribution in [0.25, 0.3) is 0 Å². The molecule has 1 rings (SSSR count).